The van der Waals surface area contributed by atoms with E-state index >= 15 is 0 Å². The molecule has 1 saturated heterocycles. The third-order valence-electron chi connectivity index (χ3n) is 9.60. The molecular weight excluding hydrogens is 602 g/mol. The van der Waals surface area contributed by atoms with Crippen molar-refractivity contribution in [2.75, 3.05) is 4.90 Å². The summed E-state index contributed by atoms with van der Waals surface area (Å²) in [4.78, 5) is 67.2. The Morgan fingerprint density at radius 2 is 1.68 bits per heavy atom. The molecule has 7 rings (SSSR count). The fraction of sp³-hybridized carbons (Fsp3) is 0.216. The number of amides is 2. The van der Waals surface area contributed by atoms with Crippen LogP contribution in [-0.4, -0.2) is 44.7 Å². The number of fused-ring (bicyclic) bond motifs is 3. The summed E-state index contributed by atoms with van der Waals surface area (Å²) in [6.07, 6.45) is 3.35. The quantitative estimate of drug-likeness (QED) is 0.193. The van der Waals surface area contributed by atoms with Gasteiger partial charge in [0, 0.05) is 40.3 Å². The first kappa shape index (κ1) is 29.9. The number of hydrogen-bond donors (Lipinski definition) is 3. The molecule has 3 N–H and O–H groups in total. The maximum Gasteiger partial charge on any atom is 0.339 e. The van der Waals surface area contributed by atoms with E-state index in [0.717, 1.165) is 22.6 Å². The van der Waals surface area contributed by atoms with Gasteiger partial charge in [-0.05, 0) is 55.5 Å². The van der Waals surface area contributed by atoms with Gasteiger partial charge in [-0.15, -0.1) is 0 Å². The summed E-state index contributed by atoms with van der Waals surface area (Å²) < 4.78 is 5.89. The SMILES string of the molecule is CC1=CC(=O)C2=C(C1=O)[C@@H](c1ccc(OCc3ccccc3)cc1O)C1=CC[C@@H]3C(=O)N(c4ccc(C(=O)O)c(O)c4)C(=O)[C@@H]3[C@@H]1C2. The van der Waals surface area contributed by atoms with Crippen molar-refractivity contribution in [3.05, 3.63) is 118 Å². The van der Waals surface area contributed by atoms with Gasteiger partial charge >= 0.3 is 5.97 Å². The van der Waals surface area contributed by atoms with Gasteiger partial charge in [-0.25, -0.2) is 9.69 Å². The lowest BCUT2D eigenvalue weighted by Gasteiger charge is -2.42. The van der Waals surface area contributed by atoms with Crippen molar-refractivity contribution in [2.24, 2.45) is 17.8 Å². The molecule has 1 fully saturated rings. The second-order valence-electron chi connectivity index (χ2n) is 12.2. The van der Waals surface area contributed by atoms with Gasteiger partial charge in [-0.3, -0.25) is 19.2 Å². The Kier molecular flexibility index (Phi) is 7.15. The number of Topliss-reactive ketones (excluding diaryl/α,β-unsaturated/α-hetero) is 1. The molecule has 0 spiro atoms. The highest BCUT2D eigenvalue weighted by Gasteiger charge is 2.57. The highest BCUT2D eigenvalue weighted by atomic mass is 16.5. The number of aromatic carboxylic acids is 1. The number of imide groups is 1. The second kappa shape index (κ2) is 11.2. The van der Waals surface area contributed by atoms with E-state index in [0.29, 0.717) is 16.9 Å². The van der Waals surface area contributed by atoms with E-state index in [1.807, 2.05) is 36.4 Å². The van der Waals surface area contributed by atoms with Gasteiger partial charge in [0.05, 0.1) is 17.5 Å². The Labute approximate surface area is 268 Å². The number of carbonyl (C=O) groups excluding carboxylic acids is 4. The molecule has 4 atom stereocenters. The Morgan fingerprint density at radius 1 is 0.915 bits per heavy atom. The lowest BCUT2D eigenvalue weighted by Crippen LogP contribution is -2.39. The summed E-state index contributed by atoms with van der Waals surface area (Å²) in [6, 6.07) is 17.8. The molecule has 2 amide bonds. The van der Waals surface area contributed by atoms with Crippen LogP contribution in [0.15, 0.2) is 101 Å². The summed E-state index contributed by atoms with van der Waals surface area (Å²) in [5.74, 6) is -6.54. The average molecular weight is 632 g/mol. The number of allylic oxidation sites excluding steroid dienone is 6. The molecule has 1 aliphatic heterocycles. The summed E-state index contributed by atoms with van der Waals surface area (Å²) in [6.45, 7) is 1.84. The summed E-state index contributed by atoms with van der Waals surface area (Å²) in [5, 5.41) is 31.0. The number of carboxylic acids is 1. The molecule has 0 aromatic heterocycles. The first-order valence-corrected chi connectivity index (χ1v) is 15.2. The van der Waals surface area contributed by atoms with E-state index in [9.17, 15) is 39.3 Å². The predicted octanol–water partition coefficient (Wildman–Crippen LogP) is 5.01. The Bertz CT molecular complexity index is 2000. The summed E-state index contributed by atoms with van der Waals surface area (Å²) in [5.41, 5.74) is 2.43. The normalized spacial score (nSPS) is 23.6. The van der Waals surface area contributed by atoms with Crippen molar-refractivity contribution in [3.63, 3.8) is 0 Å². The fourth-order valence-corrected chi connectivity index (χ4v) is 7.41. The van der Waals surface area contributed by atoms with Crippen molar-refractivity contribution < 1.29 is 44.0 Å². The topological polar surface area (TPSA) is 159 Å². The van der Waals surface area contributed by atoms with Gasteiger partial charge in [0.1, 0.15) is 29.4 Å². The Hall–Kier alpha value is -5.77. The minimum atomic E-state index is -1.36. The van der Waals surface area contributed by atoms with Crippen molar-refractivity contribution >= 4 is 35.0 Å². The lowest BCUT2D eigenvalue weighted by molar-refractivity contribution is -0.123. The number of nitrogens with zero attached hydrogens (tertiary/aromatic N) is 1. The van der Waals surface area contributed by atoms with E-state index in [1.54, 1.807) is 19.1 Å². The van der Waals surface area contributed by atoms with Gasteiger partial charge < -0.3 is 20.1 Å². The molecule has 0 unspecified atom stereocenters. The van der Waals surface area contributed by atoms with E-state index in [-0.39, 0.29) is 64.7 Å². The highest BCUT2D eigenvalue weighted by Crippen LogP contribution is 2.56. The molecule has 236 valence electrons. The van der Waals surface area contributed by atoms with E-state index < -0.39 is 47.2 Å². The number of anilines is 1. The smallest absolute Gasteiger partial charge is 0.339 e. The van der Waals surface area contributed by atoms with Crippen LogP contribution in [0.5, 0.6) is 17.2 Å². The monoisotopic (exact) mass is 631 g/mol. The molecule has 0 radical (unpaired) electrons. The van der Waals surface area contributed by atoms with Gasteiger partial charge in [0.15, 0.2) is 11.6 Å². The van der Waals surface area contributed by atoms with Crippen LogP contribution in [0.25, 0.3) is 0 Å². The zero-order valence-corrected chi connectivity index (χ0v) is 25.2. The lowest BCUT2D eigenvalue weighted by atomic mass is 9.59. The van der Waals surface area contributed by atoms with Crippen molar-refractivity contribution in [1.29, 1.82) is 0 Å². The molecule has 3 aromatic carbocycles. The molecule has 3 aliphatic carbocycles. The predicted molar refractivity (Wildman–Crippen MR) is 168 cm³/mol. The van der Waals surface area contributed by atoms with Gasteiger partial charge in [-0.1, -0.05) is 48.0 Å². The summed E-state index contributed by atoms with van der Waals surface area (Å²) >= 11 is 0. The van der Waals surface area contributed by atoms with E-state index in [1.165, 1.54) is 18.2 Å². The number of ketones is 2. The minimum Gasteiger partial charge on any atom is -0.507 e. The van der Waals surface area contributed by atoms with Crippen LogP contribution in [0.1, 0.15) is 47.2 Å². The number of aromatic hydroxyl groups is 2. The number of ether oxygens (including phenoxy) is 1. The first-order valence-electron chi connectivity index (χ1n) is 15.2. The van der Waals surface area contributed by atoms with Crippen LogP contribution < -0.4 is 9.64 Å². The maximum atomic E-state index is 14.1. The van der Waals surface area contributed by atoms with E-state index in [4.69, 9.17) is 4.74 Å². The standard InChI is InChI=1S/C37H29NO9/c1-18-13-28(39)27-16-26-22(11-12-25-32(26)36(44)38(35(25)43)20-7-9-24(37(45)46)29(40)14-20)31(33(27)34(18)42)23-10-8-21(15-30(23)41)47-17-19-5-3-2-4-6-19/h2-11,13-15,25-26,31-32,40-41H,12,16-17H2,1H3,(H,45,46)/t25-,26+,31+,32-/m0/s1. The molecule has 3 aromatic rings. The summed E-state index contributed by atoms with van der Waals surface area (Å²) in [7, 11) is 0. The van der Waals surface area contributed by atoms with Crippen LogP contribution in [-0.2, 0) is 25.8 Å². The molecule has 0 saturated carbocycles. The minimum absolute atomic E-state index is 0.0388. The second-order valence-corrected chi connectivity index (χ2v) is 12.2. The number of benzene rings is 3. The molecule has 10 heteroatoms. The molecular formula is C37H29NO9. The molecule has 47 heavy (non-hydrogen) atoms. The van der Waals surface area contributed by atoms with E-state index in [2.05, 4.69) is 0 Å². The van der Waals surface area contributed by atoms with Crippen molar-refractivity contribution in [3.8, 4) is 17.2 Å². The molecule has 0 bridgehead atoms. The maximum absolute atomic E-state index is 14.1. The molecule has 1 heterocycles. The third kappa shape index (κ3) is 4.84. The number of carbonyl (C=O) groups is 5. The number of rotatable bonds is 6. The van der Waals surface area contributed by atoms with Gasteiger partial charge in [0.25, 0.3) is 0 Å². The van der Waals surface area contributed by atoms with Crippen molar-refractivity contribution in [2.45, 2.75) is 32.3 Å². The Balaban J connectivity index is 1.27. The van der Waals surface area contributed by atoms with Gasteiger partial charge in [-0.2, -0.15) is 0 Å². The fourth-order valence-electron chi connectivity index (χ4n) is 7.41. The number of hydrogen-bond acceptors (Lipinski definition) is 8. The first-order chi connectivity index (χ1) is 22.5. The zero-order chi connectivity index (χ0) is 33.1. The Morgan fingerprint density at radius 3 is 2.38 bits per heavy atom. The number of carboxylic acid groups (broad SMARTS) is 1. The van der Waals surface area contributed by atoms with Crippen LogP contribution in [0, 0.1) is 17.8 Å². The van der Waals surface area contributed by atoms with Crippen LogP contribution >= 0.6 is 0 Å². The molecule has 4 aliphatic rings. The average Bonchev–Trinajstić information content (AvgIpc) is 3.31. The van der Waals surface area contributed by atoms with Crippen LogP contribution in [0.3, 0.4) is 0 Å². The third-order valence-corrected chi connectivity index (χ3v) is 9.60. The van der Waals surface area contributed by atoms with Crippen LogP contribution in [0.4, 0.5) is 5.69 Å². The van der Waals surface area contributed by atoms with Crippen LogP contribution in [0.2, 0.25) is 0 Å². The van der Waals surface area contributed by atoms with Gasteiger partial charge in [0.2, 0.25) is 11.8 Å². The zero-order valence-electron chi connectivity index (χ0n) is 25.2. The largest absolute Gasteiger partial charge is 0.507 e. The number of phenols is 2. The number of phenolic OH excluding ortho intramolecular Hbond substituents is 1. The van der Waals surface area contributed by atoms with Crippen molar-refractivity contribution in [1.82, 2.24) is 0 Å². The highest BCUT2D eigenvalue weighted by molar-refractivity contribution is 6.25. The molecule has 10 nitrogen and oxygen atoms in total.